The summed E-state index contributed by atoms with van der Waals surface area (Å²) in [7, 11) is 0. The molecule has 0 bridgehead atoms. The third-order valence-corrected chi connectivity index (χ3v) is 5.37. The Hall–Kier alpha value is -2.89. The van der Waals surface area contributed by atoms with Crippen molar-refractivity contribution in [1.82, 2.24) is 19.9 Å². The van der Waals surface area contributed by atoms with Gasteiger partial charge in [-0.25, -0.2) is 9.50 Å². The molecule has 140 valence electrons. The SMILES string of the molecule is Cc1nc2cc(=O)[nH]n2c(C)c1CCC(=O)NC(c1ccccc1)C1CC1. The fourth-order valence-corrected chi connectivity index (χ4v) is 3.76. The molecule has 1 aromatic carbocycles. The van der Waals surface area contributed by atoms with E-state index in [1.54, 1.807) is 4.52 Å². The van der Waals surface area contributed by atoms with Gasteiger partial charge in [0.05, 0.1) is 6.04 Å². The van der Waals surface area contributed by atoms with E-state index in [4.69, 9.17) is 0 Å². The van der Waals surface area contributed by atoms with Gasteiger partial charge in [-0.2, -0.15) is 0 Å². The van der Waals surface area contributed by atoms with Crippen molar-refractivity contribution in [3.63, 3.8) is 0 Å². The summed E-state index contributed by atoms with van der Waals surface area (Å²) in [5.41, 5.74) is 4.41. The Morgan fingerprint density at radius 1 is 1.30 bits per heavy atom. The van der Waals surface area contributed by atoms with E-state index in [0.29, 0.717) is 24.4 Å². The molecule has 1 fully saturated rings. The van der Waals surface area contributed by atoms with Crippen molar-refractivity contribution in [1.29, 1.82) is 0 Å². The Bertz CT molecular complexity index is 1030. The number of aromatic amines is 1. The van der Waals surface area contributed by atoms with Crippen LogP contribution in [0.15, 0.2) is 41.2 Å². The first-order valence-corrected chi connectivity index (χ1v) is 9.45. The van der Waals surface area contributed by atoms with Crippen LogP contribution in [0.2, 0.25) is 0 Å². The minimum atomic E-state index is -0.171. The van der Waals surface area contributed by atoms with Gasteiger partial charge in [-0.15, -0.1) is 0 Å². The van der Waals surface area contributed by atoms with Gasteiger partial charge in [0.2, 0.25) is 5.91 Å². The topological polar surface area (TPSA) is 79.3 Å². The molecule has 0 aliphatic heterocycles. The monoisotopic (exact) mass is 364 g/mol. The maximum atomic E-state index is 12.6. The van der Waals surface area contributed by atoms with E-state index in [9.17, 15) is 9.59 Å². The van der Waals surface area contributed by atoms with E-state index in [-0.39, 0.29) is 17.5 Å². The maximum absolute atomic E-state index is 12.6. The van der Waals surface area contributed by atoms with Crippen molar-refractivity contribution in [2.45, 2.75) is 45.6 Å². The third-order valence-electron chi connectivity index (χ3n) is 5.37. The summed E-state index contributed by atoms with van der Waals surface area (Å²) in [6.07, 6.45) is 3.33. The predicted octanol–water partition coefficient (Wildman–Crippen LogP) is 2.84. The molecule has 6 heteroatoms. The molecule has 1 saturated carbocycles. The molecule has 2 aromatic heterocycles. The van der Waals surface area contributed by atoms with Gasteiger partial charge in [-0.05, 0) is 50.2 Å². The van der Waals surface area contributed by atoms with Crippen LogP contribution in [-0.4, -0.2) is 20.5 Å². The van der Waals surface area contributed by atoms with Crippen LogP contribution in [0.3, 0.4) is 0 Å². The molecular formula is C21H24N4O2. The molecule has 1 amide bonds. The second-order valence-electron chi connectivity index (χ2n) is 7.37. The quantitative estimate of drug-likeness (QED) is 0.706. The highest BCUT2D eigenvalue weighted by molar-refractivity contribution is 5.77. The van der Waals surface area contributed by atoms with Gasteiger partial charge in [0.15, 0.2) is 5.65 Å². The minimum Gasteiger partial charge on any atom is -0.349 e. The standard InChI is InChI=1S/C21H24N4O2/c1-13-17(14(2)25-18(22-13)12-20(27)24-25)10-11-19(26)23-21(16-8-9-16)15-6-4-3-5-7-15/h3-7,12,16,21H,8-11H2,1-2H3,(H,23,26)(H,24,27). The molecule has 2 heterocycles. The summed E-state index contributed by atoms with van der Waals surface area (Å²) in [6.45, 7) is 3.87. The summed E-state index contributed by atoms with van der Waals surface area (Å²) in [5, 5.41) is 5.98. The first kappa shape index (κ1) is 17.5. The highest BCUT2D eigenvalue weighted by atomic mass is 16.1. The van der Waals surface area contributed by atoms with Gasteiger partial charge in [-0.3, -0.25) is 14.7 Å². The number of amides is 1. The third kappa shape index (κ3) is 3.65. The zero-order valence-electron chi connectivity index (χ0n) is 15.7. The first-order chi connectivity index (χ1) is 13.0. The summed E-state index contributed by atoms with van der Waals surface area (Å²) in [6, 6.07) is 11.8. The summed E-state index contributed by atoms with van der Waals surface area (Å²) < 4.78 is 1.69. The summed E-state index contributed by atoms with van der Waals surface area (Å²) in [4.78, 5) is 28.7. The van der Waals surface area contributed by atoms with Crippen LogP contribution in [-0.2, 0) is 11.2 Å². The van der Waals surface area contributed by atoms with E-state index in [0.717, 1.165) is 17.0 Å². The number of carbonyl (C=O) groups excluding carboxylic acids is 1. The molecule has 6 nitrogen and oxygen atoms in total. The average Bonchev–Trinajstić information content (AvgIpc) is 3.42. The molecule has 0 saturated heterocycles. The lowest BCUT2D eigenvalue weighted by atomic mass is 10.0. The van der Waals surface area contributed by atoms with Crippen molar-refractivity contribution in [2.24, 2.45) is 5.92 Å². The van der Waals surface area contributed by atoms with E-state index < -0.39 is 0 Å². The van der Waals surface area contributed by atoms with E-state index in [1.807, 2.05) is 32.0 Å². The Balaban J connectivity index is 1.47. The molecule has 1 unspecified atom stereocenters. The van der Waals surface area contributed by atoms with Crippen molar-refractivity contribution >= 4 is 11.6 Å². The lowest BCUT2D eigenvalue weighted by molar-refractivity contribution is -0.122. The van der Waals surface area contributed by atoms with E-state index in [1.165, 1.54) is 24.5 Å². The van der Waals surface area contributed by atoms with Gasteiger partial charge in [0.1, 0.15) is 0 Å². The van der Waals surface area contributed by atoms with Crippen molar-refractivity contribution in [3.05, 3.63) is 69.3 Å². The maximum Gasteiger partial charge on any atom is 0.266 e. The average molecular weight is 364 g/mol. The number of carbonyl (C=O) groups is 1. The van der Waals surface area contributed by atoms with Gasteiger partial charge >= 0.3 is 0 Å². The number of nitrogens with zero attached hydrogens (tertiary/aromatic N) is 2. The van der Waals surface area contributed by atoms with Crippen molar-refractivity contribution in [2.75, 3.05) is 0 Å². The predicted molar refractivity (Wildman–Crippen MR) is 104 cm³/mol. The van der Waals surface area contributed by atoms with Crippen molar-refractivity contribution in [3.8, 4) is 0 Å². The Labute approximate surface area is 157 Å². The zero-order valence-corrected chi connectivity index (χ0v) is 15.7. The highest BCUT2D eigenvalue weighted by Crippen LogP contribution is 2.41. The second-order valence-corrected chi connectivity index (χ2v) is 7.37. The van der Waals surface area contributed by atoms with Crippen LogP contribution >= 0.6 is 0 Å². The summed E-state index contributed by atoms with van der Waals surface area (Å²) in [5.74, 6) is 0.596. The van der Waals surface area contributed by atoms with Gasteiger partial charge < -0.3 is 5.32 Å². The van der Waals surface area contributed by atoms with Crippen LogP contribution < -0.4 is 10.9 Å². The first-order valence-electron chi connectivity index (χ1n) is 9.45. The molecular weight excluding hydrogens is 340 g/mol. The van der Waals surface area contributed by atoms with E-state index in [2.05, 4.69) is 27.5 Å². The highest BCUT2D eigenvalue weighted by Gasteiger charge is 2.33. The van der Waals surface area contributed by atoms with Crippen LogP contribution in [0.25, 0.3) is 5.65 Å². The van der Waals surface area contributed by atoms with Crippen LogP contribution in [0, 0.1) is 19.8 Å². The number of benzene rings is 1. The Morgan fingerprint density at radius 3 is 2.74 bits per heavy atom. The van der Waals surface area contributed by atoms with Crippen LogP contribution in [0.1, 0.15) is 47.8 Å². The Kier molecular flexibility index (Phi) is 4.56. The van der Waals surface area contributed by atoms with Gasteiger partial charge in [0.25, 0.3) is 5.56 Å². The number of fused-ring (bicyclic) bond motifs is 1. The van der Waals surface area contributed by atoms with Gasteiger partial charge in [0, 0.05) is 23.9 Å². The number of aromatic nitrogens is 3. The fraction of sp³-hybridized carbons (Fsp3) is 0.381. The zero-order chi connectivity index (χ0) is 19.0. The smallest absolute Gasteiger partial charge is 0.266 e. The fourth-order valence-electron chi connectivity index (χ4n) is 3.76. The molecule has 0 spiro atoms. The lowest BCUT2D eigenvalue weighted by Gasteiger charge is -2.19. The number of H-pyrrole nitrogens is 1. The molecule has 3 aromatic rings. The lowest BCUT2D eigenvalue weighted by Crippen LogP contribution is -2.30. The summed E-state index contributed by atoms with van der Waals surface area (Å²) >= 11 is 0. The largest absolute Gasteiger partial charge is 0.349 e. The molecule has 1 atom stereocenters. The Morgan fingerprint density at radius 2 is 2.04 bits per heavy atom. The number of hydrogen-bond acceptors (Lipinski definition) is 3. The number of aryl methyl sites for hydroxylation is 2. The normalized spacial score (nSPS) is 15.0. The molecule has 4 rings (SSSR count). The molecule has 2 N–H and O–H groups in total. The minimum absolute atomic E-state index is 0.0515. The van der Waals surface area contributed by atoms with Crippen molar-refractivity contribution < 1.29 is 4.79 Å². The van der Waals surface area contributed by atoms with Gasteiger partial charge in [-0.1, -0.05) is 30.3 Å². The second kappa shape index (κ2) is 7.02. The van der Waals surface area contributed by atoms with Crippen LogP contribution in [0.5, 0.6) is 0 Å². The molecule has 1 aliphatic carbocycles. The molecule has 27 heavy (non-hydrogen) atoms. The van der Waals surface area contributed by atoms with Crippen LogP contribution in [0.4, 0.5) is 0 Å². The number of rotatable bonds is 6. The van der Waals surface area contributed by atoms with E-state index >= 15 is 0 Å². The molecule has 1 aliphatic rings. The number of nitrogens with one attached hydrogen (secondary N) is 2. The number of hydrogen-bond donors (Lipinski definition) is 2. The molecule has 0 radical (unpaired) electrons.